The van der Waals surface area contributed by atoms with Gasteiger partial charge in [-0.2, -0.15) is 0 Å². The summed E-state index contributed by atoms with van der Waals surface area (Å²) in [5, 5.41) is 0. The molecule has 62 heavy (non-hydrogen) atoms. The fraction of sp³-hybridized carbons (Fsp3) is 0.926. The van der Waals surface area contributed by atoms with Crippen LogP contribution in [0.4, 0.5) is 0 Å². The maximum absolute atomic E-state index is 5.71. The molecular weight excluding hydrogens is 1000 g/mol. The Kier molecular flexibility index (Phi) is 79.1. The van der Waals surface area contributed by atoms with Crippen LogP contribution in [0.2, 0.25) is 0 Å². The van der Waals surface area contributed by atoms with E-state index in [0.29, 0.717) is 0 Å². The first-order chi connectivity index (χ1) is 26.8. The van der Waals surface area contributed by atoms with Crippen molar-refractivity contribution in [3.05, 3.63) is 29.7 Å². The van der Waals surface area contributed by atoms with Crippen LogP contribution in [0.15, 0.2) is 0 Å². The van der Waals surface area contributed by atoms with Gasteiger partial charge >= 0.3 is 75.7 Å². The molecule has 4 fully saturated rings. The molecule has 0 radical (unpaired) electrons. The van der Waals surface area contributed by atoms with Crippen molar-refractivity contribution in [1.82, 2.24) is 0 Å². The van der Waals surface area contributed by atoms with Gasteiger partial charge in [0, 0.05) is 13.2 Å². The van der Waals surface area contributed by atoms with Crippen LogP contribution >= 0.6 is 34.1 Å². The van der Waals surface area contributed by atoms with Crippen LogP contribution in [-0.4, -0.2) is 24.4 Å². The van der Waals surface area contributed by atoms with E-state index in [9.17, 15) is 0 Å². The predicted octanol–water partition coefficient (Wildman–Crippen LogP) is 22.4. The number of ether oxygens (including phenoxy) is 2. The van der Waals surface area contributed by atoms with E-state index >= 15 is 0 Å². The first-order valence-corrected chi connectivity index (χ1v) is 36.7. The van der Waals surface area contributed by atoms with Gasteiger partial charge in [-0.05, 0) is 78.1 Å². The molecule has 0 aromatic heterocycles. The second-order valence-corrected chi connectivity index (χ2v) is 26.8. The summed E-state index contributed by atoms with van der Waals surface area (Å²) in [4.78, 5) is 0. The van der Waals surface area contributed by atoms with Gasteiger partial charge in [-0.1, -0.05) is 221 Å². The molecule has 8 heteroatoms. The minimum absolute atomic E-state index is 0. The Hall–Kier alpha value is 2.85. The molecule has 0 aliphatic heterocycles. The zero-order chi connectivity index (χ0) is 42.2. The molecule has 0 bridgehead atoms. The fourth-order valence-corrected chi connectivity index (χ4v) is 8.72. The average Bonchev–Trinajstić information content (AvgIpc) is 4.00. The summed E-state index contributed by atoms with van der Waals surface area (Å²) in [6.45, 7) is 19.2. The second-order valence-electron chi connectivity index (χ2n) is 19.4. The summed E-state index contributed by atoms with van der Waals surface area (Å²) >= 11 is -1.65. The van der Waals surface area contributed by atoms with Gasteiger partial charge in [0.05, 0.1) is 11.2 Å². The summed E-state index contributed by atoms with van der Waals surface area (Å²) in [7, 11) is 19.7. The summed E-state index contributed by atoms with van der Waals surface area (Å²) < 4.78 is 11.4. The Bertz CT molecular complexity index is 680. The summed E-state index contributed by atoms with van der Waals surface area (Å²) in [6.07, 6.45) is 46.7. The Labute approximate surface area is 434 Å². The van der Waals surface area contributed by atoms with Crippen molar-refractivity contribution in [3.8, 4) is 0 Å². The summed E-state index contributed by atoms with van der Waals surface area (Å²) in [5.41, 5.74) is 0.0910. The van der Waals surface area contributed by atoms with Crippen molar-refractivity contribution in [1.29, 1.82) is 0 Å². The van der Waals surface area contributed by atoms with E-state index in [0.717, 1.165) is 36.9 Å². The van der Waals surface area contributed by atoms with E-state index < -0.39 is 41.7 Å². The van der Waals surface area contributed by atoms with Crippen LogP contribution in [0.5, 0.6) is 0 Å². The van der Waals surface area contributed by atoms with Gasteiger partial charge in [0.1, 0.15) is 0 Å². The van der Waals surface area contributed by atoms with Crippen LogP contribution in [0.25, 0.3) is 0 Å². The minimum atomic E-state index is -0.826. The van der Waals surface area contributed by atoms with Gasteiger partial charge in [0.25, 0.3) is 0 Å². The third-order valence-electron chi connectivity index (χ3n) is 11.9. The number of unbranched alkanes of at least 4 members (excludes halogenated alkanes) is 8. The van der Waals surface area contributed by atoms with Crippen molar-refractivity contribution in [3.63, 3.8) is 0 Å². The number of rotatable bonds is 20. The molecule has 4 aliphatic carbocycles. The Balaban J connectivity index is -0.0000000993. The molecule has 2 nitrogen and oxygen atoms in total. The first-order valence-electron chi connectivity index (χ1n) is 24.1. The third-order valence-corrected chi connectivity index (χ3v) is 11.9. The molecule has 0 aromatic rings. The second kappa shape index (κ2) is 60.0. The normalized spacial score (nSPS) is 15.8. The molecule has 0 atom stereocenters. The van der Waals surface area contributed by atoms with E-state index in [1.165, 1.54) is 205 Å². The molecular formula is C54H116Cl4O2Zr2. The number of hydrogen-bond donors (Lipinski definition) is 0. The molecule has 0 saturated heterocycles. The summed E-state index contributed by atoms with van der Waals surface area (Å²) in [6, 6.07) is 0. The SMILES string of the molecule is C.C.CC(C)(C)OCCCCCCC1CCCC1.CC(C)(C)OCCCCCCC1CCCC1.CCCCC1CCCC1.CCCCC1CCCC1.[CH3-].[CH3-].[CH3-].[CH3-].[Cl][Zr+2][Cl].[Cl][Zr+2][Cl]. The van der Waals surface area contributed by atoms with Gasteiger partial charge < -0.3 is 39.2 Å². The molecule has 0 N–H and O–H groups in total. The van der Waals surface area contributed by atoms with Gasteiger partial charge in [-0.25, -0.2) is 0 Å². The number of halogens is 4. The monoisotopic (exact) mass is 1120 g/mol. The fourth-order valence-electron chi connectivity index (χ4n) is 8.72. The van der Waals surface area contributed by atoms with Gasteiger partial charge in [-0.15, -0.1) is 0 Å². The molecule has 0 unspecified atom stereocenters. The molecule has 4 rings (SSSR count). The van der Waals surface area contributed by atoms with E-state index in [-0.39, 0.29) is 55.8 Å². The van der Waals surface area contributed by atoms with Crippen molar-refractivity contribution >= 4 is 34.1 Å². The van der Waals surface area contributed by atoms with E-state index in [1.54, 1.807) is 0 Å². The maximum atomic E-state index is 5.71. The predicted molar refractivity (Wildman–Crippen MR) is 287 cm³/mol. The standard InChI is InChI=1S/2C15H30O.2C9H18.2CH4.4CH3.4ClH.2Zr/c2*1-15(2,3)16-13-9-5-4-6-10-14-11-7-8-12-14;2*1-2-3-6-9-7-4-5-8-9;;;;;;;;;;;;/h2*14H,4-13H2,1-3H3;2*9H,2-8H2,1H3;2*1H4;4*1H3;4*1H;;/q;;;;;;4*-1;;;;;2*+4/p-4. The molecule has 0 aromatic carbocycles. The number of hydrogen-bond acceptors (Lipinski definition) is 2. The van der Waals surface area contributed by atoms with Crippen molar-refractivity contribution in [2.75, 3.05) is 13.2 Å². The average molecular weight is 1120 g/mol. The van der Waals surface area contributed by atoms with Crippen molar-refractivity contribution in [2.45, 2.75) is 287 Å². The van der Waals surface area contributed by atoms with E-state index in [1.807, 2.05) is 0 Å². The molecule has 4 aliphatic rings. The van der Waals surface area contributed by atoms with Crippen LogP contribution in [-0.2, 0) is 51.2 Å². The molecule has 380 valence electrons. The van der Waals surface area contributed by atoms with Crippen molar-refractivity contribution < 1.29 is 51.2 Å². The van der Waals surface area contributed by atoms with Gasteiger partial charge in [0.2, 0.25) is 0 Å². The third kappa shape index (κ3) is 64.9. The van der Waals surface area contributed by atoms with E-state index in [2.05, 4.69) is 55.4 Å². The zero-order valence-electron chi connectivity index (χ0n) is 42.7. The van der Waals surface area contributed by atoms with Crippen LogP contribution < -0.4 is 0 Å². The molecule has 4 saturated carbocycles. The van der Waals surface area contributed by atoms with E-state index in [4.69, 9.17) is 43.5 Å². The summed E-state index contributed by atoms with van der Waals surface area (Å²) in [5.74, 6) is 4.38. The van der Waals surface area contributed by atoms with Crippen LogP contribution in [0.3, 0.4) is 0 Å². The molecule has 0 amide bonds. The Morgan fingerprint density at radius 1 is 0.371 bits per heavy atom. The van der Waals surface area contributed by atoms with Gasteiger partial charge in [0.15, 0.2) is 0 Å². The van der Waals surface area contributed by atoms with Crippen molar-refractivity contribution in [2.24, 2.45) is 23.7 Å². The zero-order valence-corrected chi connectivity index (χ0v) is 50.6. The van der Waals surface area contributed by atoms with Gasteiger partial charge in [-0.3, -0.25) is 0 Å². The molecule has 0 spiro atoms. The van der Waals surface area contributed by atoms with Crippen LogP contribution in [0.1, 0.15) is 276 Å². The first kappa shape index (κ1) is 81.8. The Morgan fingerprint density at radius 2 is 0.565 bits per heavy atom. The quantitative estimate of drug-likeness (QED) is 0.0893. The van der Waals surface area contributed by atoms with Crippen LogP contribution in [0, 0.1) is 53.4 Å². The Morgan fingerprint density at radius 3 is 0.758 bits per heavy atom. The molecule has 0 heterocycles. The topological polar surface area (TPSA) is 18.5 Å².